The lowest BCUT2D eigenvalue weighted by Crippen LogP contribution is -2.50. The minimum absolute atomic E-state index is 0.00635. The van der Waals surface area contributed by atoms with E-state index in [2.05, 4.69) is 11.1 Å². The molecule has 0 saturated carbocycles. The van der Waals surface area contributed by atoms with Crippen molar-refractivity contribution in [1.82, 2.24) is 9.88 Å². The van der Waals surface area contributed by atoms with Crippen LogP contribution in [0.4, 0.5) is 5.88 Å². The van der Waals surface area contributed by atoms with Crippen molar-refractivity contribution >= 4 is 35.5 Å². The van der Waals surface area contributed by atoms with Crippen LogP contribution in [0.25, 0.3) is 12.2 Å². The monoisotopic (exact) mass is 462 g/mol. The number of benzene rings is 2. The summed E-state index contributed by atoms with van der Waals surface area (Å²) in [5.41, 5.74) is 2.04. The second kappa shape index (κ2) is 10.2. The molecule has 0 N–H and O–H groups in total. The van der Waals surface area contributed by atoms with Crippen LogP contribution in [0.15, 0.2) is 52.9 Å². The quantitative estimate of drug-likeness (QED) is 0.539. The van der Waals surface area contributed by atoms with E-state index >= 15 is 0 Å². The molecule has 4 rings (SSSR count). The van der Waals surface area contributed by atoms with Crippen molar-refractivity contribution in [2.45, 2.75) is 6.92 Å². The zero-order valence-electron chi connectivity index (χ0n) is 18.2. The molecule has 2 heterocycles. The Kier molecular flexibility index (Phi) is 6.96. The lowest BCUT2D eigenvalue weighted by atomic mass is 10.2. The lowest BCUT2D eigenvalue weighted by molar-refractivity contribution is -0.133. The highest BCUT2D eigenvalue weighted by molar-refractivity contribution is 6.32. The Morgan fingerprint density at radius 3 is 2.61 bits per heavy atom. The zero-order valence-corrected chi connectivity index (χ0v) is 19.0. The zero-order chi connectivity index (χ0) is 23.2. The third-order valence-corrected chi connectivity index (χ3v) is 5.75. The van der Waals surface area contributed by atoms with Gasteiger partial charge in [0.25, 0.3) is 5.91 Å². The first kappa shape index (κ1) is 22.4. The summed E-state index contributed by atoms with van der Waals surface area (Å²) in [5.74, 6) is 1.38. The van der Waals surface area contributed by atoms with Gasteiger partial charge in [0.15, 0.2) is 6.61 Å². The maximum absolute atomic E-state index is 12.6. The molecule has 1 aliphatic rings. The number of hydrogen-bond acceptors (Lipinski definition) is 6. The van der Waals surface area contributed by atoms with Gasteiger partial charge in [0.1, 0.15) is 11.8 Å². The number of oxazole rings is 1. The summed E-state index contributed by atoms with van der Waals surface area (Å²) in [7, 11) is 0. The highest BCUT2D eigenvalue weighted by Crippen LogP contribution is 2.25. The Hall–Kier alpha value is -3.76. The van der Waals surface area contributed by atoms with Crippen LogP contribution in [0.5, 0.6) is 5.75 Å². The van der Waals surface area contributed by atoms with Crippen LogP contribution in [0, 0.1) is 18.3 Å². The second-order valence-electron chi connectivity index (χ2n) is 7.59. The molecular weight excluding hydrogens is 440 g/mol. The molecule has 1 saturated heterocycles. The molecule has 1 fully saturated rings. The summed E-state index contributed by atoms with van der Waals surface area (Å²) in [6, 6.07) is 17.1. The summed E-state index contributed by atoms with van der Waals surface area (Å²) in [4.78, 5) is 20.5. The molecule has 0 radical (unpaired) electrons. The molecule has 33 heavy (non-hydrogen) atoms. The summed E-state index contributed by atoms with van der Waals surface area (Å²) in [6.45, 7) is 4.02. The first-order chi connectivity index (χ1) is 16.0. The van der Waals surface area contributed by atoms with Gasteiger partial charge in [0.05, 0.1) is 0 Å². The van der Waals surface area contributed by atoms with Gasteiger partial charge < -0.3 is 19.0 Å². The molecule has 0 atom stereocenters. The molecule has 7 nitrogen and oxygen atoms in total. The number of nitrogens with zero attached hydrogens (tertiary/aromatic N) is 4. The summed E-state index contributed by atoms with van der Waals surface area (Å²) < 4.78 is 11.5. The largest absolute Gasteiger partial charge is 0.484 e. The number of rotatable bonds is 6. The lowest BCUT2D eigenvalue weighted by Gasteiger charge is -2.34. The fraction of sp³-hybridized carbons (Fsp3) is 0.240. The Balaban J connectivity index is 1.36. The molecule has 8 heteroatoms. The molecule has 0 unspecified atom stereocenters. The van der Waals surface area contributed by atoms with Crippen molar-refractivity contribution in [3.63, 3.8) is 0 Å². The second-order valence-corrected chi connectivity index (χ2v) is 8.00. The smallest absolute Gasteiger partial charge is 0.260 e. The van der Waals surface area contributed by atoms with Crippen LogP contribution in [0.3, 0.4) is 0 Å². The number of anilines is 1. The van der Waals surface area contributed by atoms with Crippen molar-refractivity contribution in [2.24, 2.45) is 0 Å². The Morgan fingerprint density at radius 1 is 1.15 bits per heavy atom. The van der Waals surface area contributed by atoms with Crippen LogP contribution in [-0.2, 0) is 4.79 Å². The van der Waals surface area contributed by atoms with Gasteiger partial charge in [-0.2, -0.15) is 10.2 Å². The number of nitriles is 1. The standard InChI is InChI=1S/C25H23ClN4O3/c1-18-6-2-5-9-22(18)32-17-24(31)29-12-14-30(15-13-29)25-21(16-27)28-23(33-25)11-10-19-7-3-4-8-20(19)26/h2-11H,12-15,17H2,1H3/b11-10+. The third kappa shape index (κ3) is 5.36. The number of para-hydroxylation sites is 1. The average Bonchev–Trinajstić information content (AvgIpc) is 3.26. The van der Waals surface area contributed by atoms with Crippen molar-refractivity contribution in [2.75, 3.05) is 37.7 Å². The normalized spacial score (nSPS) is 13.8. The van der Waals surface area contributed by atoms with Gasteiger partial charge in [0.2, 0.25) is 17.5 Å². The van der Waals surface area contributed by atoms with Gasteiger partial charge in [-0.15, -0.1) is 0 Å². The number of carbonyl (C=O) groups excluding carboxylic acids is 1. The first-order valence-electron chi connectivity index (χ1n) is 10.6. The van der Waals surface area contributed by atoms with Gasteiger partial charge in [-0.3, -0.25) is 4.79 Å². The fourth-order valence-electron chi connectivity index (χ4n) is 3.57. The summed E-state index contributed by atoms with van der Waals surface area (Å²) in [6.07, 6.45) is 3.48. The van der Waals surface area contributed by atoms with Gasteiger partial charge in [-0.25, -0.2) is 0 Å². The molecule has 0 bridgehead atoms. The molecule has 1 amide bonds. The van der Waals surface area contributed by atoms with Gasteiger partial charge in [-0.05, 0) is 36.3 Å². The number of amides is 1. The van der Waals surface area contributed by atoms with E-state index < -0.39 is 0 Å². The molecular formula is C25H23ClN4O3. The number of halogens is 1. The highest BCUT2D eigenvalue weighted by atomic mass is 35.5. The van der Waals surface area contributed by atoms with E-state index in [9.17, 15) is 10.1 Å². The topological polar surface area (TPSA) is 82.6 Å². The van der Waals surface area contributed by atoms with Gasteiger partial charge in [-0.1, -0.05) is 48.0 Å². The van der Waals surface area contributed by atoms with Crippen molar-refractivity contribution in [1.29, 1.82) is 5.26 Å². The van der Waals surface area contributed by atoms with E-state index in [-0.39, 0.29) is 18.2 Å². The van der Waals surface area contributed by atoms with E-state index in [1.165, 1.54) is 0 Å². The van der Waals surface area contributed by atoms with Crippen LogP contribution in [0.1, 0.15) is 22.7 Å². The molecule has 0 aliphatic carbocycles. The number of carbonyl (C=O) groups is 1. The molecule has 3 aromatic rings. The number of ether oxygens (including phenoxy) is 1. The number of hydrogen-bond donors (Lipinski definition) is 0. The summed E-state index contributed by atoms with van der Waals surface area (Å²) in [5, 5.41) is 10.1. The van der Waals surface area contributed by atoms with Crippen molar-refractivity contribution < 1.29 is 13.9 Å². The van der Waals surface area contributed by atoms with Crippen LogP contribution >= 0.6 is 11.6 Å². The predicted molar refractivity (Wildman–Crippen MR) is 127 cm³/mol. The Morgan fingerprint density at radius 2 is 1.88 bits per heavy atom. The first-order valence-corrected chi connectivity index (χ1v) is 11.0. The molecule has 168 valence electrons. The molecule has 0 spiro atoms. The van der Waals surface area contributed by atoms with Gasteiger partial charge in [0, 0.05) is 37.3 Å². The summed E-state index contributed by atoms with van der Waals surface area (Å²) >= 11 is 6.18. The van der Waals surface area contributed by atoms with Crippen molar-refractivity contribution in [3.8, 4) is 11.8 Å². The maximum Gasteiger partial charge on any atom is 0.260 e. The minimum atomic E-state index is -0.0701. The van der Waals surface area contributed by atoms with Crippen LogP contribution < -0.4 is 9.64 Å². The predicted octanol–water partition coefficient (Wildman–Crippen LogP) is 4.41. The molecule has 2 aromatic carbocycles. The van der Waals surface area contributed by atoms with E-state index in [1.807, 2.05) is 54.3 Å². The van der Waals surface area contributed by atoms with E-state index in [4.69, 9.17) is 20.8 Å². The number of aryl methyl sites for hydroxylation is 1. The van der Waals surface area contributed by atoms with Crippen molar-refractivity contribution in [3.05, 3.63) is 76.3 Å². The average molecular weight is 463 g/mol. The van der Waals surface area contributed by atoms with Crippen LogP contribution in [-0.4, -0.2) is 48.6 Å². The SMILES string of the molecule is Cc1ccccc1OCC(=O)N1CCN(c2oc(/C=C/c3ccccc3Cl)nc2C#N)CC1. The van der Waals surface area contributed by atoms with E-state index in [1.54, 1.807) is 23.1 Å². The number of piperazine rings is 1. The minimum Gasteiger partial charge on any atom is -0.484 e. The molecule has 1 aromatic heterocycles. The Labute approximate surface area is 197 Å². The highest BCUT2D eigenvalue weighted by Gasteiger charge is 2.26. The Bertz CT molecular complexity index is 1210. The fourth-order valence-corrected chi connectivity index (χ4v) is 3.76. The third-order valence-electron chi connectivity index (χ3n) is 5.41. The van der Waals surface area contributed by atoms with E-state index in [0.29, 0.717) is 48.7 Å². The molecule has 1 aliphatic heterocycles. The number of aromatic nitrogens is 1. The maximum atomic E-state index is 12.6. The van der Waals surface area contributed by atoms with Crippen LogP contribution in [0.2, 0.25) is 5.02 Å². The van der Waals surface area contributed by atoms with Gasteiger partial charge >= 0.3 is 0 Å². The van der Waals surface area contributed by atoms with E-state index in [0.717, 1.165) is 11.1 Å².